The Labute approximate surface area is 120 Å². The Morgan fingerprint density at radius 1 is 1.20 bits per heavy atom. The monoisotopic (exact) mass is 273 g/mol. The van der Waals surface area contributed by atoms with Crippen LogP contribution in [0, 0.1) is 19.8 Å². The molecule has 4 heteroatoms. The molecule has 108 valence electrons. The summed E-state index contributed by atoms with van der Waals surface area (Å²) in [6.45, 7) is 9.57. The average molecular weight is 273 g/mol. The Hall–Kier alpha value is -1.81. The molecule has 2 aromatic rings. The van der Waals surface area contributed by atoms with Crippen molar-refractivity contribution in [3.8, 4) is 11.4 Å². The molecule has 2 N–H and O–H groups in total. The van der Waals surface area contributed by atoms with Crippen molar-refractivity contribution < 1.29 is 4.74 Å². The van der Waals surface area contributed by atoms with Gasteiger partial charge in [-0.25, -0.2) is 4.68 Å². The minimum atomic E-state index is 0.521. The summed E-state index contributed by atoms with van der Waals surface area (Å²) in [6.07, 6.45) is 0. The van der Waals surface area contributed by atoms with Crippen LogP contribution in [0.3, 0.4) is 0 Å². The van der Waals surface area contributed by atoms with Gasteiger partial charge in [-0.1, -0.05) is 13.8 Å². The zero-order chi connectivity index (χ0) is 14.7. The van der Waals surface area contributed by atoms with Crippen molar-refractivity contribution in [1.29, 1.82) is 0 Å². The van der Waals surface area contributed by atoms with Gasteiger partial charge in [0.1, 0.15) is 5.75 Å². The van der Waals surface area contributed by atoms with Crippen molar-refractivity contribution in [3.05, 3.63) is 41.2 Å². The molecule has 0 bridgehead atoms. The molecule has 2 rings (SSSR count). The Morgan fingerprint density at radius 2 is 1.85 bits per heavy atom. The largest absolute Gasteiger partial charge is 0.493 e. The van der Waals surface area contributed by atoms with Crippen molar-refractivity contribution in [2.45, 2.75) is 34.2 Å². The predicted octanol–water partition coefficient (Wildman–Crippen LogP) is 2.98. The van der Waals surface area contributed by atoms with Crippen LogP contribution in [0.1, 0.15) is 30.8 Å². The molecule has 0 saturated carbocycles. The zero-order valence-electron chi connectivity index (χ0n) is 12.7. The number of hydrogen-bond donors (Lipinski definition) is 1. The molecular weight excluding hydrogens is 250 g/mol. The van der Waals surface area contributed by atoms with Crippen LogP contribution in [0.15, 0.2) is 24.3 Å². The summed E-state index contributed by atoms with van der Waals surface area (Å²) < 4.78 is 7.62. The van der Waals surface area contributed by atoms with Crippen LogP contribution in [0.25, 0.3) is 5.69 Å². The molecule has 4 nitrogen and oxygen atoms in total. The molecule has 1 heterocycles. The SMILES string of the molecule is Cc1nn(-c2ccc(OCC(C)C)cc2)c(C)c1CN. The molecule has 0 saturated heterocycles. The normalized spacial score (nSPS) is 11.1. The van der Waals surface area contributed by atoms with E-state index in [1.165, 1.54) is 0 Å². The highest BCUT2D eigenvalue weighted by atomic mass is 16.5. The summed E-state index contributed by atoms with van der Waals surface area (Å²) in [5.74, 6) is 1.42. The molecule has 0 atom stereocenters. The Kier molecular flexibility index (Phi) is 4.45. The van der Waals surface area contributed by atoms with Crippen LogP contribution in [-0.2, 0) is 6.54 Å². The molecule has 0 fully saturated rings. The molecule has 1 aromatic heterocycles. The smallest absolute Gasteiger partial charge is 0.119 e. The number of nitrogens with two attached hydrogens (primary N) is 1. The second-order valence-electron chi connectivity index (χ2n) is 5.46. The predicted molar refractivity (Wildman–Crippen MR) is 81.3 cm³/mol. The van der Waals surface area contributed by atoms with Gasteiger partial charge in [-0.3, -0.25) is 0 Å². The summed E-state index contributed by atoms with van der Waals surface area (Å²) in [7, 11) is 0. The fraction of sp³-hybridized carbons (Fsp3) is 0.438. The Balaban J connectivity index is 2.22. The quantitative estimate of drug-likeness (QED) is 0.911. The van der Waals surface area contributed by atoms with Gasteiger partial charge in [0.25, 0.3) is 0 Å². The third-order valence-electron chi connectivity index (χ3n) is 3.31. The third-order valence-corrected chi connectivity index (χ3v) is 3.31. The number of nitrogens with zero attached hydrogens (tertiary/aromatic N) is 2. The van der Waals surface area contributed by atoms with E-state index < -0.39 is 0 Å². The van der Waals surface area contributed by atoms with Gasteiger partial charge in [0.15, 0.2) is 0 Å². The van der Waals surface area contributed by atoms with E-state index in [2.05, 4.69) is 18.9 Å². The number of rotatable bonds is 5. The van der Waals surface area contributed by atoms with Gasteiger partial charge in [-0.15, -0.1) is 0 Å². The summed E-state index contributed by atoms with van der Waals surface area (Å²) in [5.41, 5.74) is 10.00. The summed E-state index contributed by atoms with van der Waals surface area (Å²) in [6, 6.07) is 8.01. The zero-order valence-corrected chi connectivity index (χ0v) is 12.7. The maximum absolute atomic E-state index is 5.76. The minimum Gasteiger partial charge on any atom is -0.493 e. The molecule has 20 heavy (non-hydrogen) atoms. The lowest BCUT2D eigenvalue weighted by molar-refractivity contribution is 0.271. The molecule has 0 aliphatic carbocycles. The van der Waals surface area contributed by atoms with Gasteiger partial charge in [0, 0.05) is 17.8 Å². The maximum Gasteiger partial charge on any atom is 0.119 e. The lowest BCUT2D eigenvalue weighted by Crippen LogP contribution is -2.05. The fourth-order valence-corrected chi connectivity index (χ4v) is 2.17. The van der Waals surface area contributed by atoms with Crippen LogP contribution in [0.2, 0.25) is 0 Å². The number of ether oxygens (including phenoxy) is 1. The maximum atomic E-state index is 5.76. The highest BCUT2D eigenvalue weighted by Crippen LogP contribution is 2.20. The van der Waals surface area contributed by atoms with E-state index in [9.17, 15) is 0 Å². The minimum absolute atomic E-state index is 0.521. The number of aryl methyl sites for hydroxylation is 1. The first-order valence-electron chi connectivity index (χ1n) is 7.01. The van der Waals surface area contributed by atoms with Crippen LogP contribution in [-0.4, -0.2) is 16.4 Å². The van der Waals surface area contributed by atoms with Gasteiger partial charge in [0.05, 0.1) is 18.0 Å². The van der Waals surface area contributed by atoms with Gasteiger partial charge in [-0.2, -0.15) is 5.10 Å². The topological polar surface area (TPSA) is 53.1 Å². The van der Waals surface area contributed by atoms with Crippen molar-refractivity contribution in [2.24, 2.45) is 11.7 Å². The summed E-state index contributed by atoms with van der Waals surface area (Å²) >= 11 is 0. The first-order chi connectivity index (χ1) is 9.52. The second kappa shape index (κ2) is 6.09. The van der Waals surface area contributed by atoms with Gasteiger partial charge in [0.2, 0.25) is 0 Å². The van der Waals surface area contributed by atoms with E-state index in [4.69, 9.17) is 10.5 Å². The molecule has 0 unspecified atom stereocenters. The Bertz CT molecular complexity index is 570. The van der Waals surface area contributed by atoms with Crippen LogP contribution < -0.4 is 10.5 Å². The Morgan fingerprint density at radius 3 is 2.35 bits per heavy atom. The fourth-order valence-electron chi connectivity index (χ4n) is 2.17. The standard InChI is InChI=1S/C16H23N3O/c1-11(2)10-20-15-7-5-14(6-8-15)19-13(4)16(9-17)12(3)18-19/h5-8,11H,9-10,17H2,1-4H3. The van der Waals surface area contributed by atoms with E-state index in [0.29, 0.717) is 12.5 Å². The highest BCUT2D eigenvalue weighted by Gasteiger charge is 2.11. The average Bonchev–Trinajstić information content (AvgIpc) is 2.72. The molecule has 0 radical (unpaired) electrons. The number of aromatic nitrogens is 2. The van der Waals surface area contributed by atoms with Gasteiger partial charge in [-0.05, 0) is 44.0 Å². The number of benzene rings is 1. The van der Waals surface area contributed by atoms with Crippen LogP contribution in [0.4, 0.5) is 0 Å². The van der Waals surface area contributed by atoms with Crippen molar-refractivity contribution in [2.75, 3.05) is 6.61 Å². The molecule has 0 amide bonds. The van der Waals surface area contributed by atoms with Crippen molar-refractivity contribution >= 4 is 0 Å². The molecular formula is C16H23N3O. The van der Waals surface area contributed by atoms with E-state index in [0.717, 1.165) is 35.0 Å². The first kappa shape index (κ1) is 14.6. The van der Waals surface area contributed by atoms with Crippen molar-refractivity contribution in [3.63, 3.8) is 0 Å². The highest BCUT2D eigenvalue weighted by molar-refractivity contribution is 5.40. The van der Waals surface area contributed by atoms with Crippen molar-refractivity contribution in [1.82, 2.24) is 9.78 Å². The van der Waals surface area contributed by atoms with E-state index in [1.54, 1.807) is 0 Å². The lowest BCUT2D eigenvalue weighted by Gasteiger charge is -2.10. The molecule has 0 aliphatic rings. The van der Waals surface area contributed by atoms with Crippen LogP contribution >= 0.6 is 0 Å². The number of hydrogen-bond acceptors (Lipinski definition) is 3. The van der Waals surface area contributed by atoms with E-state index >= 15 is 0 Å². The van der Waals surface area contributed by atoms with Crippen LogP contribution in [0.5, 0.6) is 5.75 Å². The molecule has 0 aliphatic heterocycles. The van der Waals surface area contributed by atoms with E-state index in [-0.39, 0.29) is 0 Å². The summed E-state index contributed by atoms with van der Waals surface area (Å²) in [5, 5.41) is 4.55. The third kappa shape index (κ3) is 3.02. The van der Waals surface area contributed by atoms with Gasteiger partial charge < -0.3 is 10.5 Å². The second-order valence-corrected chi connectivity index (χ2v) is 5.46. The lowest BCUT2D eigenvalue weighted by atomic mass is 10.2. The molecule has 0 spiro atoms. The van der Waals surface area contributed by atoms with Gasteiger partial charge >= 0.3 is 0 Å². The van der Waals surface area contributed by atoms with E-state index in [1.807, 2.05) is 42.8 Å². The molecule has 1 aromatic carbocycles. The first-order valence-corrected chi connectivity index (χ1v) is 7.01. The summed E-state index contributed by atoms with van der Waals surface area (Å²) in [4.78, 5) is 0.